The van der Waals surface area contributed by atoms with Gasteiger partial charge in [-0.1, -0.05) is 35.3 Å². The molecule has 3 rings (SSSR count). The molecule has 2 aromatic heterocycles. The van der Waals surface area contributed by atoms with Gasteiger partial charge in [0.1, 0.15) is 10.7 Å². The van der Waals surface area contributed by atoms with E-state index in [0.717, 1.165) is 12.1 Å². The maximum Gasteiger partial charge on any atom is 0.416 e. The number of hydrogen-bond acceptors (Lipinski definition) is 2. The van der Waals surface area contributed by atoms with E-state index in [0.29, 0.717) is 23.1 Å². The molecular weight excluding hydrogens is 338 g/mol. The van der Waals surface area contributed by atoms with Gasteiger partial charge in [0.25, 0.3) is 0 Å². The topological polar surface area (TPSA) is 30.7 Å². The SMILES string of the molecule is FC(F)(F)c1ccc(Cn2cnc3c(Cl)nc(Cl)cc32)cc1. The number of pyridine rings is 1. The zero-order valence-electron chi connectivity index (χ0n) is 10.9. The molecule has 0 atom stereocenters. The first-order valence-electron chi connectivity index (χ1n) is 6.17. The Balaban J connectivity index is 1.93. The maximum absolute atomic E-state index is 12.5. The molecule has 0 fully saturated rings. The fourth-order valence-corrected chi connectivity index (χ4v) is 2.58. The molecule has 0 radical (unpaired) electrons. The predicted octanol–water partition coefficient (Wildman–Crippen LogP) is 4.81. The number of hydrogen-bond donors (Lipinski definition) is 0. The lowest BCUT2D eigenvalue weighted by molar-refractivity contribution is -0.137. The summed E-state index contributed by atoms with van der Waals surface area (Å²) in [6.07, 6.45) is -2.79. The van der Waals surface area contributed by atoms with Crippen molar-refractivity contribution < 1.29 is 13.2 Å². The Morgan fingerprint density at radius 3 is 2.41 bits per heavy atom. The van der Waals surface area contributed by atoms with Crippen LogP contribution in [-0.4, -0.2) is 14.5 Å². The fraction of sp³-hybridized carbons (Fsp3) is 0.143. The van der Waals surface area contributed by atoms with Crippen molar-refractivity contribution in [1.29, 1.82) is 0 Å². The molecule has 22 heavy (non-hydrogen) atoms. The molecule has 0 aliphatic rings. The molecule has 114 valence electrons. The van der Waals surface area contributed by atoms with E-state index in [2.05, 4.69) is 9.97 Å². The molecule has 0 saturated carbocycles. The van der Waals surface area contributed by atoms with Crippen molar-refractivity contribution in [2.24, 2.45) is 0 Å². The molecule has 2 heterocycles. The van der Waals surface area contributed by atoms with E-state index in [1.54, 1.807) is 17.0 Å². The second kappa shape index (κ2) is 5.44. The van der Waals surface area contributed by atoms with Gasteiger partial charge in [-0.15, -0.1) is 0 Å². The van der Waals surface area contributed by atoms with Crippen LogP contribution in [0.2, 0.25) is 10.3 Å². The normalized spacial score (nSPS) is 12.0. The van der Waals surface area contributed by atoms with Crippen molar-refractivity contribution in [1.82, 2.24) is 14.5 Å². The van der Waals surface area contributed by atoms with Crippen LogP contribution in [0.25, 0.3) is 11.0 Å². The minimum Gasteiger partial charge on any atom is -0.326 e. The van der Waals surface area contributed by atoms with Crippen molar-refractivity contribution in [2.75, 3.05) is 0 Å². The first-order chi connectivity index (χ1) is 10.3. The van der Waals surface area contributed by atoms with Crippen molar-refractivity contribution in [3.63, 3.8) is 0 Å². The van der Waals surface area contributed by atoms with Crippen molar-refractivity contribution in [3.8, 4) is 0 Å². The Bertz CT molecular complexity index is 826. The lowest BCUT2D eigenvalue weighted by Gasteiger charge is -2.09. The Hall–Kier alpha value is -1.79. The number of fused-ring (bicyclic) bond motifs is 1. The quantitative estimate of drug-likeness (QED) is 0.624. The van der Waals surface area contributed by atoms with Gasteiger partial charge >= 0.3 is 6.18 Å². The number of benzene rings is 1. The van der Waals surface area contributed by atoms with E-state index in [1.165, 1.54) is 12.1 Å². The molecule has 1 aromatic carbocycles. The molecule has 0 aliphatic carbocycles. The predicted molar refractivity (Wildman–Crippen MR) is 78.1 cm³/mol. The molecule has 0 amide bonds. The monoisotopic (exact) mass is 345 g/mol. The molecule has 0 N–H and O–H groups in total. The maximum atomic E-state index is 12.5. The average molecular weight is 346 g/mol. The number of nitrogens with zero attached hydrogens (tertiary/aromatic N) is 3. The highest BCUT2D eigenvalue weighted by molar-refractivity contribution is 6.36. The van der Waals surface area contributed by atoms with E-state index in [1.807, 2.05) is 0 Å². The zero-order chi connectivity index (χ0) is 15.9. The molecule has 0 bridgehead atoms. The van der Waals surface area contributed by atoms with Gasteiger partial charge in [-0.2, -0.15) is 13.2 Å². The van der Waals surface area contributed by atoms with Gasteiger partial charge in [0, 0.05) is 12.6 Å². The lowest BCUT2D eigenvalue weighted by atomic mass is 10.1. The van der Waals surface area contributed by atoms with Gasteiger partial charge in [0.05, 0.1) is 17.4 Å². The van der Waals surface area contributed by atoms with Crippen LogP contribution in [0.1, 0.15) is 11.1 Å². The van der Waals surface area contributed by atoms with Gasteiger partial charge in [-0.25, -0.2) is 9.97 Å². The number of rotatable bonds is 2. The summed E-state index contributed by atoms with van der Waals surface area (Å²) >= 11 is 11.8. The summed E-state index contributed by atoms with van der Waals surface area (Å²) < 4.78 is 39.4. The van der Waals surface area contributed by atoms with Crippen LogP contribution >= 0.6 is 23.2 Å². The van der Waals surface area contributed by atoms with Crippen molar-refractivity contribution in [2.45, 2.75) is 12.7 Å². The minimum absolute atomic E-state index is 0.189. The molecule has 8 heteroatoms. The number of imidazole rings is 1. The van der Waals surface area contributed by atoms with Crippen LogP contribution in [-0.2, 0) is 12.7 Å². The van der Waals surface area contributed by atoms with Gasteiger partial charge in [0.2, 0.25) is 0 Å². The summed E-state index contributed by atoms with van der Waals surface area (Å²) in [6, 6.07) is 6.57. The first kappa shape index (κ1) is 15.1. The van der Waals surface area contributed by atoms with Crippen LogP contribution in [0.3, 0.4) is 0 Å². The highest BCUT2D eigenvalue weighted by atomic mass is 35.5. The third kappa shape index (κ3) is 2.89. The number of alkyl halides is 3. The summed E-state index contributed by atoms with van der Waals surface area (Å²) in [4.78, 5) is 8.03. The Kier molecular flexibility index (Phi) is 3.74. The highest BCUT2D eigenvalue weighted by Gasteiger charge is 2.29. The van der Waals surface area contributed by atoms with Gasteiger partial charge in [-0.05, 0) is 17.7 Å². The van der Waals surface area contributed by atoms with Crippen LogP contribution in [0.5, 0.6) is 0 Å². The Labute approximate surface area is 133 Å². The van der Waals surface area contributed by atoms with E-state index < -0.39 is 11.7 Å². The van der Waals surface area contributed by atoms with Crippen LogP contribution in [0, 0.1) is 0 Å². The summed E-state index contributed by atoms with van der Waals surface area (Å²) in [5.74, 6) is 0. The summed E-state index contributed by atoms with van der Waals surface area (Å²) in [6.45, 7) is 0.352. The minimum atomic E-state index is -4.34. The molecular formula is C14H8Cl2F3N3. The second-order valence-electron chi connectivity index (χ2n) is 4.67. The molecule has 0 saturated heterocycles. The van der Waals surface area contributed by atoms with Gasteiger partial charge in [0.15, 0.2) is 5.15 Å². The summed E-state index contributed by atoms with van der Waals surface area (Å²) in [7, 11) is 0. The largest absolute Gasteiger partial charge is 0.416 e. The average Bonchev–Trinajstić information content (AvgIpc) is 2.82. The van der Waals surface area contributed by atoms with Gasteiger partial charge < -0.3 is 4.57 Å². The van der Waals surface area contributed by atoms with Crippen molar-refractivity contribution in [3.05, 3.63) is 58.1 Å². The Morgan fingerprint density at radius 2 is 1.77 bits per heavy atom. The van der Waals surface area contributed by atoms with Crippen LogP contribution < -0.4 is 0 Å². The number of halogens is 5. The number of aromatic nitrogens is 3. The first-order valence-corrected chi connectivity index (χ1v) is 6.93. The van der Waals surface area contributed by atoms with Crippen LogP contribution in [0.15, 0.2) is 36.7 Å². The van der Waals surface area contributed by atoms with E-state index in [9.17, 15) is 13.2 Å². The summed E-state index contributed by atoms with van der Waals surface area (Å²) in [5, 5.41) is 0.417. The molecule has 0 aliphatic heterocycles. The zero-order valence-corrected chi connectivity index (χ0v) is 12.4. The smallest absolute Gasteiger partial charge is 0.326 e. The van der Waals surface area contributed by atoms with E-state index >= 15 is 0 Å². The second-order valence-corrected chi connectivity index (χ2v) is 5.42. The van der Waals surface area contributed by atoms with Crippen molar-refractivity contribution >= 4 is 34.2 Å². The third-order valence-electron chi connectivity index (χ3n) is 3.17. The molecule has 0 unspecified atom stereocenters. The summed E-state index contributed by atoms with van der Waals surface area (Å²) in [5.41, 5.74) is 1.20. The lowest BCUT2D eigenvalue weighted by Crippen LogP contribution is -2.05. The fourth-order valence-electron chi connectivity index (χ4n) is 2.12. The Morgan fingerprint density at radius 1 is 1.09 bits per heavy atom. The molecule has 3 aromatic rings. The van der Waals surface area contributed by atoms with E-state index in [4.69, 9.17) is 23.2 Å². The molecule has 3 nitrogen and oxygen atoms in total. The standard InChI is InChI=1S/C14H8Cl2F3N3/c15-11-5-10-12(13(16)21-11)20-7-22(10)6-8-1-3-9(4-2-8)14(17,18)19/h1-5,7H,6H2. The van der Waals surface area contributed by atoms with Gasteiger partial charge in [-0.3, -0.25) is 0 Å². The third-order valence-corrected chi connectivity index (χ3v) is 3.63. The highest BCUT2D eigenvalue weighted by Crippen LogP contribution is 2.29. The molecule has 0 spiro atoms. The van der Waals surface area contributed by atoms with Crippen LogP contribution in [0.4, 0.5) is 13.2 Å². The van der Waals surface area contributed by atoms with E-state index in [-0.39, 0.29) is 10.3 Å².